The molecule has 0 aliphatic carbocycles. The van der Waals surface area contributed by atoms with Crippen LogP contribution in [0.4, 0.5) is 0 Å². The van der Waals surface area contributed by atoms with Crippen molar-refractivity contribution in [2.24, 2.45) is 0 Å². The van der Waals surface area contributed by atoms with Crippen LogP contribution in [-0.4, -0.2) is 17.2 Å². The lowest BCUT2D eigenvalue weighted by Crippen LogP contribution is -2.30. The summed E-state index contributed by atoms with van der Waals surface area (Å²) in [5.41, 5.74) is 0.569. The van der Waals surface area contributed by atoms with Crippen molar-refractivity contribution in [2.45, 2.75) is 0 Å². The van der Waals surface area contributed by atoms with E-state index in [0.29, 0.717) is 5.46 Å². The van der Waals surface area contributed by atoms with Crippen LogP contribution in [0.3, 0.4) is 0 Å². The first-order valence-electron chi connectivity index (χ1n) is 7.86. The maximum Gasteiger partial charge on any atom is 0.489 e. The molecule has 0 amide bonds. The topological polar surface area (TPSA) is 40.5 Å². The fourth-order valence-corrected chi connectivity index (χ4v) is 4.98. The van der Waals surface area contributed by atoms with Gasteiger partial charge in [0, 0.05) is 25.6 Å². The monoisotopic (exact) mass is 328 g/mol. The van der Waals surface area contributed by atoms with Crippen LogP contribution in [0.15, 0.2) is 66.7 Å². The van der Waals surface area contributed by atoms with Gasteiger partial charge in [-0.05, 0) is 27.7 Å². The predicted octanol–water partition coefficient (Wildman–Crippen LogP) is 4.04. The molecule has 2 N–H and O–H groups in total. The molecule has 0 aliphatic heterocycles. The van der Waals surface area contributed by atoms with Crippen molar-refractivity contribution in [3.05, 3.63) is 66.7 Å². The van der Waals surface area contributed by atoms with E-state index in [9.17, 15) is 10.0 Å². The largest absolute Gasteiger partial charge is 0.489 e. The minimum Gasteiger partial charge on any atom is -0.423 e. The summed E-state index contributed by atoms with van der Waals surface area (Å²) in [5.74, 6) is 0. The van der Waals surface area contributed by atoms with Crippen molar-refractivity contribution >= 4 is 65.6 Å². The van der Waals surface area contributed by atoms with Gasteiger partial charge in [-0.2, -0.15) is 0 Å². The van der Waals surface area contributed by atoms with Crippen LogP contribution < -0.4 is 5.46 Å². The molecule has 0 atom stereocenters. The molecule has 114 valence electrons. The average Bonchev–Trinajstić information content (AvgIpc) is 3.02. The fraction of sp³-hybridized carbons (Fsp3) is 0. The molecule has 0 saturated heterocycles. The third-order valence-corrected chi connectivity index (χ3v) is 5.87. The number of hydrogen-bond acceptors (Lipinski definition) is 3. The third-order valence-electron chi connectivity index (χ3n) is 4.68. The highest BCUT2D eigenvalue weighted by molar-refractivity contribution is 7.27. The molecule has 0 unspecified atom stereocenters. The summed E-state index contributed by atoms with van der Waals surface area (Å²) in [5, 5.41) is 26.6. The van der Waals surface area contributed by atoms with E-state index in [4.69, 9.17) is 0 Å². The molecular weight excluding hydrogens is 315 g/mol. The predicted molar refractivity (Wildman–Crippen MR) is 104 cm³/mol. The molecule has 2 nitrogen and oxygen atoms in total. The third kappa shape index (κ3) is 1.79. The first kappa shape index (κ1) is 14.0. The lowest BCUT2D eigenvalue weighted by atomic mass is 9.77. The minimum atomic E-state index is -1.48. The number of hydrogen-bond donors (Lipinski definition) is 2. The fourth-order valence-electron chi connectivity index (χ4n) is 3.69. The second kappa shape index (κ2) is 5.05. The summed E-state index contributed by atoms with van der Waals surface area (Å²) in [6.45, 7) is 0. The van der Waals surface area contributed by atoms with Crippen LogP contribution in [0.25, 0.3) is 41.7 Å². The molecule has 5 rings (SSSR count). The van der Waals surface area contributed by atoms with Crippen molar-refractivity contribution in [1.29, 1.82) is 0 Å². The Labute approximate surface area is 142 Å². The van der Waals surface area contributed by atoms with Gasteiger partial charge in [0.1, 0.15) is 0 Å². The van der Waals surface area contributed by atoms with Crippen LogP contribution in [-0.2, 0) is 0 Å². The Hall–Kier alpha value is -2.40. The summed E-state index contributed by atoms with van der Waals surface area (Å²) in [6, 6.07) is 22.5. The first-order chi connectivity index (χ1) is 11.8. The molecule has 0 radical (unpaired) electrons. The zero-order chi connectivity index (χ0) is 16.3. The molecule has 0 bridgehead atoms. The number of rotatable bonds is 1. The van der Waals surface area contributed by atoms with E-state index in [2.05, 4.69) is 48.5 Å². The normalized spacial score (nSPS) is 11.8. The Balaban J connectivity index is 2.19. The van der Waals surface area contributed by atoms with Gasteiger partial charge in [-0.25, -0.2) is 0 Å². The van der Waals surface area contributed by atoms with Gasteiger partial charge >= 0.3 is 7.12 Å². The van der Waals surface area contributed by atoms with Crippen molar-refractivity contribution in [3.63, 3.8) is 0 Å². The standard InChI is InChI=1S/C20H13BO2S/c22-21(23)16-10-5-11-17-19(16)18-14-8-3-1-6-12(14)13-7-2-4-9-15(13)20(18)24-17/h1-11,22-23H. The second-order valence-electron chi connectivity index (χ2n) is 5.99. The van der Waals surface area contributed by atoms with Crippen molar-refractivity contribution in [3.8, 4) is 0 Å². The Bertz CT molecular complexity index is 1240. The van der Waals surface area contributed by atoms with Crippen molar-refractivity contribution in [1.82, 2.24) is 0 Å². The van der Waals surface area contributed by atoms with E-state index in [0.717, 1.165) is 20.9 Å². The highest BCUT2D eigenvalue weighted by atomic mass is 32.1. The van der Waals surface area contributed by atoms with Gasteiger partial charge in [0.05, 0.1) is 0 Å². The number of fused-ring (bicyclic) bond motifs is 8. The molecule has 1 heterocycles. The number of benzene rings is 4. The van der Waals surface area contributed by atoms with Gasteiger partial charge in [-0.3, -0.25) is 0 Å². The van der Waals surface area contributed by atoms with Gasteiger partial charge in [0.15, 0.2) is 0 Å². The SMILES string of the molecule is OB(O)c1cccc2sc3c4ccccc4c4ccccc4c3c12. The molecule has 5 aromatic rings. The molecule has 24 heavy (non-hydrogen) atoms. The van der Waals surface area contributed by atoms with Gasteiger partial charge in [-0.1, -0.05) is 60.7 Å². The van der Waals surface area contributed by atoms with Crippen molar-refractivity contribution in [2.75, 3.05) is 0 Å². The van der Waals surface area contributed by atoms with E-state index in [-0.39, 0.29) is 0 Å². The van der Waals surface area contributed by atoms with Crippen LogP contribution in [0.2, 0.25) is 0 Å². The lowest BCUT2D eigenvalue weighted by molar-refractivity contribution is 0.426. The van der Waals surface area contributed by atoms with Crippen LogP contribution in [0.1, 0.15) is 0 Å². The van der Waals surface area contributed by atoms with Gasteiger partial charge in [-0.15, -0.1) is 11.3 Å². The van der Waals surface area contributed by atoms with E-state index < -0.39 is 7.12 Å². The molecule has 4 heteroatoms. The smallest absolute Gasteiger partial charge is 0.423 e. The van der Waals surface area contributed by atoms with Gasteiger partial charge < -0.3 is 10.0 Å². The van der Waals surface area contributed by atoms with Crippen LogP contribution >= 0.6 is 11.3 Å². The van der Waals surface area contributed by atoms with Gasteiger partial charge in [0.2, 0.25) is 0 Å². The summed E-state index contributed by atoms with van der Waals surface area (Å²) >= 11 is 1.72. The Kier molecular flexibility index (Phi) is 2.94. The Morgan fingerprint density at radius 2 is 1.25 bits per heavy atom. The summed E-state index contributed by atoms with van der Waals surface area (Å²) in [4.78, 5) is 0. The van der Waals surface area contributed by atoms with E-state index in [1.807, 2.05) is 12.1 Å². The lowest BCUT2D eigenvalue weighted by Gasteiger charge is -2.08. The van der Waals surface area contributed by atoms with Crippen LogP contribution in [0.5, 0.6) is 0 Å². The number of thiophene rings is 1. The summed E-state index contributed by atoms with van der Waals surface area (Å²) < 4.78 is 2.28. The zero-order valence-electron chi connectivity index (χ0n) is 12.7. The zero-order valence-corrected chi connectivity index (χ0v) is 13.5. The van der Waals surface area contributed by atoms with Crippen LogP contribution in [0, 0.1) is 0 Å². The van der Waals surface area contributed by atoms with E-state index >= 15 is 0 Å². The summed E-state index contributed by atoms with van der Waals surface area (Å²) in [6.07, 6.45) is 0. The molecule has 0 aliphatic rings. The maximum absolute atomic E-state index is 9.85. The van der Waals surface area contributed by atoms with E-state index in [1.54, 1.807) is 17.4 Å². The highest BCUT2D eigenvalue weighted by Gasteiger charge is 2.20. The van der Waals surface area contributed by atoms with Gasteiger partial charge in [0.25, 0.3) is 0 Å². The molecular formula is C20H13BO2S. The second-order valence-corrected chi connectivity index (χ2v) is 7.04. The molecule has 0 saturated carbocycles. The minimum absolute atomic E-state index is 0.569. The molecule has 1 aromatic heterocycles. The van der Waals surface area contributed by atoms with Crippen molar-refractivity contribution < 1.29 is 10.0 Å². The first-order valence-corrected chi connectivity index (χ1v) is 8.68. The molecule has 0 spiro atoms. The Morgan fingerprint density at radius 3 is 1.96 bits per heavy atom. The average molecular weight is 328 g/mol. The Morgan fingerprint density at radius 1 is 0.625 bits per heavy atom. The quantitative estimate of drug-likeness (QED) is 0.360. The molecule has 0 fully saturated rings. The summed E-state index contributed by atoms with van der Waals surface area (Å²) in [7, 11) is -1.48. The molecule has 4 aromatic carbocycles. The van der Waals surface area contributed by atoms with E-state index in [1.165, 1.54) is 20.9 Å². The highest BCUT2D eigenvalue weighted by Crippen LogP contribution is 2.43. The maximum atomic E-state index is 9.85.